The van der Waals surface area contributed by atoms with Crippen LogP contribution in [0.25, 0.3) is 0 Å². The Labute approximate surface area is 89.0 Å². The first-order valence-electron chi connectivity index (χ1n) is 6.14. The summed E-state index contributed by atoms with van der Waals surface area (Å²) in [7, 11) is 0. The lowest BCUT2D eigenvalue weighted by Gasteiger charge is -2.21. The lowest BCUT2D eigenvalue weighted by molar-refractivity contribution is 0.334. The molecule has 1 nitrogen and oxygen atoms in total. The van der Waals surface area contributed by atoms with E-state index in [0.29, 0.717) is 0 Å². The van der Waals surface area contributed by atoms with E-state index in [1.807, 2.05) is 0 Å². The van der Waals surface area contributed by atoms with Gasteiger partial charge in [-0.1, -0.05) is 37.7 Å². The molecule has 14 heavy (non-hydrogen) atoms. The SMILES string of the molecule is C=C(C)CCNCCC1CCCCC1. The molecule has 0 atom stereocenters. The van der Waals surface area contributed by atoms with Crippen LogP contribution in [0.4, 0.5) is 0 Å². The van der Waals surface area contributed by atoms with Crippen LogP contribution in [0, 0.1) is 5.92 Å². The van der Waals surface area contributed by atoms with Gasteiger partial charge in [0.1, 0.15) is 0 Å². The summed E-state index contributed by atoms with van der Waals surface area (Å²) in [6.45, 7) is 8.32. The van der Waals surface area contributed by atoms with Gasteiger partial charge in [0.25, 0.3) is 0 Å². The molecule has 0 aromatic heterocycles. The third-order valence-corrected chi connectivity index (χ3v) is 3.18. The van der Waals surface area contributed by atoms with Crippen LogP contribution in [0.1, 0.15) is 51.9 Å². The predicted octanol–water partition coefficient (Wildman–Crippen LogP) is 3.51. The fourth-order valence-electron chi connectivity index (χ4n) is 2.21. The second-order valence-electron chi connectivity index (χ2n) is 4.75. The first-order valence-corrected chi connectivity index (χ1v) is 6.14. The van der Waals surface area contributed by atoms with Gasteiger partial charge in [-0.05, 0) is 38.8 Å². The molecule has 1 rings (SSSR count). The van der Waals surface area contributed by atoms with Crippen molar-refractivity contribution in [2.45, 2.75) is 51.9 Å². The second-order valence-corrected chi connectivity index (χ2v) is 4.75. The molecule has 1 fully saturated rings. The summed E-state index contributed by atoms with van der Waals surface area (Å²) in [6.07, 6.45) is 9.87. The molecular formula is C13H25N. The standard InChI is InChI=1S/C13H25N/c1-12(2)8-10-14-11-9-13-6-4-3-5-7-13/h13-14H,1,3-11H2,2H3. The highest BCUT2D eigenvalue weighted by molar-refractivity contribution is 4.88. The molecule has 1 aliphatic rings. The first-order chi connectivity index (χ1) is 6.79. The molecule has 1 heteroatoms. The molecule has 0 amide bonds. The maximum atomic E-state index is 3.90. The van der Waals surface area contributed by atoms with E-state index >= 15 is 0 Å². The van der Waals surface area contributed by atoms with Crippen LogP contribution >= 0.6 is 0 Å². The van der Waals surface area contributed by atoms with Gasteiger partial charge in [0, 0.05) is 0 Å². The van der Waals surface area contributed by atoms with Crippen LogP contribution < -0.4 is 5.32 Å². The Morgan fingerprint density at radius 1 is 1.21 bits per heavy atom. The molecule has 0 aromatic rings. The minimum Gasteiger partial charge on any atom is -0.316 e. The van der Waals surface area contributed by atoms with E-state index in [1.54, 1.807) is 0 Å². The molecule has 0 saturated heterocycles. The molecule has 1 saturated carbocycles. The maximum Gasteiger partial charge on any atom is -0.00118 e. The second kappa shape index (κ2) is 7.05. The Morgan fingerprint density at radius 3 is 2.57 bits per heavy atom. The van der Waals surface area contributed by atoms with Gasteiger partial charge in [-0.2, -0.15) is 0 Å². The van der Waals surface area contributed by atoms with Gasteiger partial charge in [0.05, 0.1) is 0 Å². The molecule has 0 spiro atoms. The van der Waals surface area contributed by atoms with Crippen molar-refractivity contribution in [2.24, 2.45) is 5.92 Å². The first kappa shape index (κ1) is 11.8. The fourth-order valence-corrected chi connectivity index (χ4v) is 2.21. The molecule has 0 radical (unpaired) electrons. The highest BCUT2D eigenvalue weighted by Crippen LogP contribution is 2.25. The van der Waals surface area contributed by atoms with Crippen LogP contribution in [-0.2, 0) is 0 Å². The molecule has 82 valence electrons. The summed E-state index contributed by atoms with van der Waals surface area (Å²) in [5.41, 5.74) is 1.29. The van der Waals surface area contributed by atoms with E-state index in [9.17, 15) is 0 Å². The van der Waals surface area contributed by atoms with Crippen molar-refractivity contribution in [1.29, 1.82) is 0 Å². The van der Waals surface area contributed by atoms with Crippen molar-refractivity contribution >= 4 is 0 Å². The van der Waals surface area contributed by atoms with Crippen molar-refractivity contribution in [3.8, 4) is 0 Å². The normalized spacial score (nSPS) is 18.4. The molecule has 0 aromatic carbocycles. The van der Waals surface area contributed by atoms with Crippen molar-refractivity contribution in [2.75, 3.05) is 13.1 Å². The zero-order chi connectivity index (χ0) is 10.2. The molecule has 1 N–H and O–H groups in total. The topological polar surface area (TPSA) is 12.0 Å². The van der Waals surface area contributed by atoms with Crippen LogP contribution in [0.15, 0.2) is 12.2 Å². The number of rotatable bonds is 6. The van der Waals surface area contributed by atoms with E-state index in [0.717, 1.165) is 18.9 Å². The summed E-state index contributed by atoms with van der Waals surface area (Å²) >= 11 is 0. The summed E-state index contributed by atoms with van der Waals surface area (Å²) in [5.74, 6) is 1.01. The smallest absolute Gasteiger partial charge is 0.00118 e. The molecule has 1 aliphatic carbocycles. The number of hydrogen-bond acceptors (Lipinski definition) is 1. The molecule has 0 heterocycles. The third kappa shape index (κ3) is 5.43. The minimum absolute atomic E-state index is 1.01. The van der Waals surface area contributed by atoms with Crippen molar-refractivity contribution in [3.63, 3.8) is 0 Å². The van der Waals surface area contributed by atoms with Gasteiger partial charge in [-0.25, -0.2) is 0 Å². The highest BCUT2D eigenvalue weighted by atomic mass is 14.8. The molecular weight excluding hydrogens is 170 g/mol. The van der Waals surface area contributed by atoms with Gasteiger partial charge >= 0.3 is 0 Å². The van der Waals surface area contributed by atoms with E-state index in [4.69, 9.17) is 0 Å². The Hall–Kier alpha value is -0.300. The fraction of sp³-hybridized carbons (Fsp3) is 0.846. The minimum atomic E-state index is 1.01. The Morgan fingerprint density at radius 2 is 1.93 bits per heavy atom. The maximum absolute atomic E-state index is 3.90. The van der Waals surface area contributed by atoms with Crippen molar-refractivity contribution < 1.29 is 0 Å². The summed E-state index contributed by atoms with van der Waals surface area (Å²) < 4.78 is 0. The number of hydrogen-bond donors (Lipinski definition) is 1. The quantitative estimate of drug-likeness (QED) is 0.505. The Balaban J connectivity index is 1.90. The lowest BCUT2D eigenvalue weighted by Crippen LogP contribution is -2.20. The van der Waals surface area contributed by atoms with Gasteiger partial charge < -0.3 is 5.32 Å². The summed E-state index contributed by atoms with van der Waals surface area (Å²) in [6, 6.07) is 0. The van der Waals surface area contributed by atoms with Gasteiger partial charge in [0.2, 0.25) is 0 Å². The Bertz CT molecular complexity index is 157. The van der Waals surface area contributed by atoms with Crippen molar-refractivity contribution in [3.05, 3.63) is 12.2 Å². The van der Waals surface area contributed by atoms with E-state index in [1.165, 1.54) is 50.6 Å². The van der Waals surface area contributed by atoms with Gasteiger partial charge in [-0.15, -0.1) is 6.58 Å². The Kier molecular flexibility index (Phi) is 5.93. The third-order valence-electron chi connectivity index (χ3n) is 3.18. The highest BCUT2D eigenvalue weighted by Gasteiger charge is 2.12. The van der Waals surface area contributed by atoms with Gasteiger partial charge in [-0.3, -0.25) is 0 Å². The summed E-state index contributed by atoms with van der Waals surface area (Å²) in [4.78, 5) is 0. The number of nitrogens with one attached hydrogen (secondary N) is 1. The average Bonchev–Trinajstić information content (AvgIpc) is 2.18. The van der Waals surface area contributed by atoms with Crippen LogP contribution in [0.3, 0.4) is 0 Å². The van der Waals surface area contributed by atoms with E-state index in [-0.39, 0.29) is 0 Å². The largest absolute Gasteiger partial charge is 0.316 e. The van der Waals surface area contributed by atoms with Crippen molar-refractivity contribution in [1.82, 2.24) is 5.32 Å². The van der Waals surface area contributed by atoms with Gasteiger partial charge in [0.15, 0.2) is 0 Å². The zero-order valence-electron chi connectivity index (χ0n) is 9.65. The zero-order valence-corrected chi connectivity index (χ0v) is 9.65. The molecule has 0 bridgehead atoms. The van der Waals surface area contributed by atoms with Crippen LogP contribution in [0.2, 0.25) is 0 Å². The molecule has 0 aliphatic heterocycles. The van der Waals surface area contributed by atoms with E-state index in [2.05, 4.69) is 18.8 Å². The summed E-state index contributed by atoms with van der Waals surface area (Å²) in [5, 5.41) is 3.50. The average molecular weight is 195 g/mol. The monoisotopic (exact) mass is 195 g/mol. The van der Waals surface area contributed by atoms with Crippen LogP contribution in [-0.4, -0.2) is 13.1 Å². The molecule has 0 unspecified atom stereocenters. The lowest BCUT2D eigenvalue weighted by atomic mass is 9.87. The van der Waals surface area contributed by atoms with Crippen LogP contribution in [0.5, 0.6) is 0 Å². The van der Waals surface area contributed by atoms with E-state index < -0.39 is 0 Å². The predicted molar refractivity (Wildman–Crippen MR) is 63.5 cm³/mol.